The Labute approximate surface area is 220 Å². The summed E-state index contributed by atoms with van der Waals surface area (Å²) in [7, 11) is 1.97. The average molecular weight is 483 g/mol. The summed E-state index contributed by atoms with van der Waals surface area (Å²) in [6.45, 7) is 4.37. The monoisotopic (exact) mass is 482 g/mol. The Morgan fingerprint density at radius 1 is 0.833 bits per heavy atom. The van der Waals surface area contributed by atoms with E-state index in [-0.39, 0.29) is 5.82 Å². The molecule has 0 saturated heterocycles. The van der Waals surface area contributed by atoms with Gasteiger partial charge in [0.1, 0.15) is 11.5 Å². The number of rotatable bonds is 5. The molecule has 0 saturated carbocycles. The SMILES string of the molecule is [2H]C(C)(C)c1cccc(C([2H])(C)C([2H])([2H])[2H])c1-n1c(-c2ccccc2C)[n+](C)c2ccc(-c3ccc(F)cc3)cc21. The molecule has 0 amide bonds. The first kappa shape index (κ1) is 18.5. The molecule has 0 aliphatic carbocycles. The number of imidazole rings is 1. The molecule has 1 atom stereocenters. The van der Waals surface area contributed by atoms with Crippen LogP contribution < -0.4 is 4.57 Å². The lowest BCUT2D eigenvalue weighted by Gasteiger charge is -2.18. The van der Waals surface area contributed by atoms with Gasteiger partial charge in [-0.05, 0) is 71.8 Å². The summed E-state index contributed by atoms with van der Waals surface area (Å²) in [5.74, 6) is -2.59. The first-order valence-corrected chi connectivity index (χ1v) is 12.1. The number of aryl methyl sites for hydroxylation is 2. The number of hydrogen-bond donors (Lipinski definition) is 0. The van der Waals surface area contributed by atoms with Crippen LogP contribution in [0, 0.1) is 12.7 Å². The summed E-state index contributed by atoms with van der Waals surface area (Å²) >= 11 is 0. The van der Waals surface area contributed by atoms with Gasteiger partial charge in [0.15, 0.2) is 11.0 Å². The maximum absolute atomic E-state index is 13.7. The van der Waals surface area contributed by atoms with Gasteiger partial charge in [0.25, 0.3) is 5.82 Å². The van der Waals surface area contributed by atoms with Crippen LogP contribution in [0.1, 0.15) is 63.0 Å². The molecule has 0 radical (unpaired) electrons. The Hall–Kier alpha value is -3.72. The van der Waals surface area contributed by atoms with Crippen molar-refractivity contribution in [1.29, 1.82) is 0 Å². The third-order valence-electron chi connectivity index (χ3n) is 6.87. The van der Waals surface area contributed by atoms with E-state index in [1.54, 1.807) is 38.1 Å². The minimum Gasteiger partial charge on any atom is -0.225 e. The van der Waals surface area contributed by atoms with Gasteiger partial charge in [-0.2, -0.15) is 4.57 Å². The van der Waals surface area contributed by atoms with Crippen molar-refractivity contribution in [3.8, 4) is 28.2 Å². The van der Waals surface area contributed by atoms with Gasteiger partial charge >= 0.3 is 0 Å². The lowest BCUT2D eigenvalue weighted by molar-refractivity contribution is -0.633. The fourth-order valence-electron chi connectivity index (χ4n) is 5.03. The van der Waals surface area contributed by atoms with E-state index in [9.17, 15) is 4.39 Å². The standard InChI is InChI=1S/C33H34FN2/c1-21(2)27-12-9-13-28(22(3)4)32(27)36-31-20-25(24-14-17-26(34)18-15-24)16-19-30(31)35(6)33(36)29-11-8-7-10-23(29)5/h7-22H,1-6H3/q+1/i1D3,21D,22D. The number of benzene rings is 4. The summed E-state index contributed by atoms with van der Waals surface area (Å²) in [5, 5.41) is 0. The van der Waals surface area contributed by atoms with Crippen molar-refractivity contribution in [2.45, 2.75) is 46.3 Å². The van der Waals surface area contributed by atoms with Crippen LogP contribution in [0.2, 0.25) is 0 Å². The minimum atomic E-state index is -2.63. The Morgan fingerprint density at radius 3 is 2.17 bits per heavy atom. The summed E-state index contributed by atoms with van der Waals surface area (Å²) in [6, 6.07) is 25.6. The maximum atomic E-state index is 13.7. The van der Waals surface area contributed by atoms with Crippen molar-refractivity contribution < 1.29 is 15.8 Å². The number of aromatic nitrogens is 2. The molecule has 2 nitrogen and oxygen atoms in total. The Morgan fingerprint density at radius 2 is 1.50 bits per heavy atom. The van der Waals surface area contributed by atoms with Crippen molar-refractivity contribution in [3.05, 3.63) is 107 Å². The van der Waals surface area contributed by atoms with Crippen LogP contribution in [0.4, 0.5) is 4.39 Å². The van der Waals surface area contributed by atoms with E-state index in [0.29, 0.717) is 16.8 Å². The first-order chi connectivity index (χ1) is 19.1. The topological polar surface area (TPSA) is 8.81 Å². The summed E-state index contributed by atoms with van der Waals surface area (Å²) < 4.78 is 61.0. The molecule has 182 valence electrons. The second-order valence-corrected chi connectivity index (χ2v) is 9.57. The fraction of sp³-hybridized carbons (Fsp3) is 0.242. The van der Waals surface area contributed by atoms with Gasteiger partial charge in [0.05, 0.1) is 12.6 Å². The number of halogens is 1. The molecular weight excluding hydrogens is 443 g/mol. The summed E-state index contributed by atoms with van der Waals surface area (Å²) in [5.41, 5.74) is 6.78. The third-order valence-corrected chi connectivity index (χ3v) is 6.87. The van der Waals surface area contributed by atoms with E-state index in [0.717, 1.165) is 39.1 Å². The van der Waals surface area contributed by atoms with Gasteiger partial charge in [0.2, 0.25) is 0 Å². The molecule has 0 aliphatic heterocycles. The van der Waals surface area contributed by atoms with Crippen molar-refractivity contribution in [1.82, 2.24) is 4.57 Å². The fourth-order valence-corrected chi connectivity index (χ4v) is 5.03. The molecule has 36 heavy (non-hydrogen) atoms. The molecule has 0 N–H and O–H groups in total. The van der Waals surface area contributed by atoms with Crippen LogP contribution in [-0.4, -0.2) is 4.57 Å². The van der Waals surface area contributed by atoms with E-state index in [4.69, 9.17) is 6.85 Å². The highest BCUT2D eigenvalue weighted by atomic mass is 19.1. The van der Waals surface area contributed by atoms with Gasteiger partial charge in [-0.25, -0.2) is 8.96 Å². The molecule has 1 aromatic heterocycles. The normalized spacial score (nSPS) is 16.0. The first-order valence-electron chi connectivity index (χ1n) is 14.6. The molecule has 0 fully saturated rings. The van der Waals surface area contributed by atoms with Gasteiger partial charge in [-0.1, -0.05) is 76.2 Å². The van der Waals surface area contributed by atoms with E-state index in [2.05, 4.69) is 4.57 Å². The minimum absolute atomic E-state index is 0.315. The van der Waals surface area contributed by atoms with E-state index in [1.807, 2.05) is 67.1 Å². The van der Waals surface area contributed by atoms with Crippen LogP contribution in [0.3, 0.4) is 0 Å². The lowest BCUT2D eigenvalue weighted by Crippen LogP contribution is -2.30. The largest absolute Gasteiger partial charge is 0.295 e. The Bertz CT molecular complexity index is 1760. The number of hydrogen-bond acceptors (Lipinski definition) is 0. The van der Waals surface area contributed by atoms with Crippen molar-refractivity contribution in [2.24, 2.45) is 7.05 Å². The smallest absolute Gasteiger partial charge is 0.225 e. The molecule has 5 rings (SSSR count). The molecule has 0 spiro atoms. The van der Waals surface area contributed by atoms with Crippen LogP contribution in [0.25, 0.3) is 39.2 Å². The predicted molar refractivity (Wildman–Crippen MR) is 148 cm³/mol. The predicted octanol–water partition coefficient (Wildman–Crippen LogP) is 8.48. The highest BCUT2D eigenvalue weighted by molar-refractivity contribution is 5.85. The molecular formula is C33H34FN2+. The van der Waals surface area contributed by atoms with Gasteiger partial charge in [0, 0.05) is 18.0 Å². The van der Waals surface area contributed by atoms with Crippen LogP contribution >= 0.6 is 0 Å². The zero-order valence-electron chi connectivity index (χ0n) is 26.4. The second-order valence-electron chi connectivity index (χ2n) is 9.57. The molecule has 1 heterocycles. The highest BCUT2D eigenvalue weighted by Gasteiger charge is 2.31. The lowest BCUT2D eigenvalue weighted by atomic mass is 9.92. The summed E-state index contributed by atoms with van der Waals surface area (Å²) in [4.78, 5) is 0. The van der Waals surface area contributed by atoms with E-state index in [1.165, 1.54) is 19.1 Å². The van der Waals surface area contributed by atoms with Gasteiger partial charge in [-0.15, -0.1) is 0 Å². The molecule has 3 heteroatoms. The van der Waals surface area contributed by atoms with Crippen LogP contribution in [0.5, 0.6) is 0 Å². The van der Waals surface area contributed by atoms with Gasteiger partial charge in [-0.3, -0.25) is 0 Å². The molecule has 0 aliphatic rings. The van der Waals surface area contributed by atoms with Crippen molar-refractivity contribution in [2.75, 3.05) is 0 Å². The average Bonchev–Trinajstić information content (AvgIpc) is 3.19. The Kier molecular flexibility index (Phi) is 4.83. The quantitative estimate of drug-likeness (QED) is 0.222. The second kappa shape index (κ2) is 9.39. The maximum Gasteiger partial charge on any atom is 0.295 e. The Balaban J connectivity index is 2.00. The van der Waals surface area contributed by atoms with Crippen LogP contribution in [-0.2, 0) is 7.05 Å². The molecule has 5 aromatic rings. The zero-order valence-corrected chi connectivity index (χ0v) is 21.4. The van der Waals surface area contributed by atoms with E-state index >= 15 is 0 Å². The van der Waals surface area contributed by atoms with Gasteiger partial charge < -0.3 is 0 Å². The van der Waals surface area contributed by atoms with Crippen LogP contribution in [0.15, 0.2) is 84.9 Å². The number of para-hydroxylation sites is 1. The highest BCUT2D eigenvalue weighted by Crippen LogP contribution is 2.38. The van der Waals surface area contributed by atoms with E-state index < -0.39 is 18.6 Å². The molecule has 1 unspecified atom stereocenters. The molecule has 4 aromatic carbocycles. The number of nitrogens with zero attached hydrogens (tertiary/aromatic N) is 2. The summed E-state index contributed by atoms with van der Waals surface area (Å²) in [6.07, 6.45) is 0. The molecule has 0 bridgehead atoms. The van der Waals surface area contributed by atoms with Crippen molar-refractivity contribution >= 4 is 11.0 Å². The zero-order chi connectivity index (χ0) is 29.9. The van der Waals surface area contributed by atoms with Crippen molar-refractivity contribution in [3.63, 3.8) is 0 Å². The number of fused-ring (bicyclic) bond motifs is 1. The third kappa shape index (κ3) is 4.03.